The number of nitrogens with zero attached hydrogens (tertiary/aromatic N) is 1. The lowest BCUT2D eigenvalue weighted by atomic mass is 10.0. The van der Waals surface area contributed by atoms with E-state index in [1.165, 1.54) is 70.6 Å². The maximum atomic E-state index is 12.7. The molecule has 0 amide bonds. The average molecular weight is 851 g/mol. The molecule has 0 spiro atoms. The summed E-state index contributed by atoms with van der Waals surface area (Å²) < 4.78 is 34.2. The van der Waals surface area contributed by atoms with Crippen LogP contribution in [0, 0.1) is 0 Å². The summed E-state index contributed by atoms with van der Waals surface area (Å²) in [5.41, 5.74) is 0. The van der Waals surface area contributed by atoms with E-state index in [9.17, 15) is 24.2 Å². The number of phosphoric ester groups is 1. The van der Waals surface area contributed by atoms with Gasteiger partial charge in [0.25, 0.3) is 0 Å². The number of likely N-dealkylation sites (N-methyl/N-ethyl adjacent to an activating group) is 1. The Labute approximate surface area is 360 Å². The minimum absolute atomic E-state index is 0.00202. The second-order valence-corrected chi connectivity index (χ2v) is 17.7. The highest BCUT2D eigenvalue weighted by atomic mass is 31.2. The van der Waals surface area contributed by atoms with Crippen molar-refractivity contribution in [2.75, 3.05) is 47.5 Å². The fourth-order valence-corrected chi connectivity index (χ4v) is 6.51. The molecule has 0 saturated carbocycles. The van der Waals surface area contributed by atoms with Crippen molar-refractivity contribution < 1.29 is 47.2 Å². The zero-order chi connectivity index (χ0) is 43.7. The van der Waals surface area contributed by atoms with Gasteiger partial charge in [0.05, 0.1) is 33.9 Å². The monoisotopic (exact) mass is 851 g/mol. The van der Waals surface area contributed by atoms with Gasteiger partial charge in [0, 0.05) is 12.8 Å². The molecule has 3 atom stereocenters. The van der Waals surface area contributed by atoms with Gasteiger partial charge in [-0.2, -0.15) is 0 Å². The van der Waals surface area contributed by atoms with Crippen LogP contribution < -0.4 is 0 Å². The van der Waals surface area contributed by atoms with Crippen molar-refractivity contribution in [2.45, 2.75) is 174 Å². The van der Waals surface area contributed by atoms with Crippen LogP contribution in [0.2, 0.25) is 0 Å². The molecule has 0 radical (unpaired) electrons. The second-order valence-electron chi connectivity index (χ2n) is 16.3. The van der Waals surface area contributed by atoms with Crippen LogP contribution in [-0.2, 0) is 32.7 Å². The number of phosphoric acid groups is 1. The first-order valence-corrected chi connectivity index (χ1v) is 24.3. The van der Waals surface area contributed by atoms with Gasteiger partial charge in [-0.25, -0.2) is 4.57 Å². The largest absolute Gasteiger partial charge is 0.472 e. The third kappa shape index (κ3) is 43.3. The van der Waals surface area contributed by atoms with E-state index in [0.29, 0.717) is 30.3 Å². The molecule has 0 heterocycles. The number of esters is 2. The molecular weight excluding hydrogens is 765 g/mol. The number of rotatable bonds is 40. The Bertz CT molecular complexity index is 1250. The van der Waals surface area contributed by atoms with Crippen molar-refractivity contribution in [1.29, 1.82) is 0 Å². The van der Waals surface area contributed by atoms with E-state index < -0.39 is 38.6 Å². The maximum absolute atomic E-state index is 12.7. The molecular formula is C48H85NO9P+. The van der Waals surface area contributed by atoms with Gasteiger partial charge in [-0.15, -0.1) is 0 Å². The van der Waals surface area contributed by atoms with E-state index >= 15 is 0 Å². The molecule has 0 aromatic carbocycles. The third-order valence-corrected chi connectivity index (χ3v) is 10.3. The van der Waals surface area contributed by atoms with Crippen LogP contribution >= 0.6 is 7.82 Å². The molecule has 340 valence electrons. The molecule has 0 aliphatic heterocycles. The van der Waals surface area contributed by atoms with E-state index in [1.54, 1.807) is 12.2 Å². The highest BCUT2D eigenvalue weighted by Gasteiger charge is 2.27. The first-order valence-electron chi connectivity index (χ1n) is 22.8. The molecule has 0 aliphatic rings. The highest BCUT2D eigenvalue weighted by molar-refractivity contribution is 7.47. The van der Waals surface area contributed by atoms with Gasteiger partial charge < -0.3 is 24.0 Å². The number of unbranched alkanes of at least 4 members (excludes halogenated alkanes) is 14. The van der Waals surface area contributed by atoms with E-state index in [4.69, 9.17) is 18.5 Å². The number of hydrogen-bond donors (Lipinski definition) is 2. The number of aliphatic hydroxyl groups is 1. The van der Waals surface area contributed by atoms with Gasteiger partial charge in [-0.05, 0) is 44.9 Å². The lowest BCUT2D eigenvalue weighted by Gasteiger charge is -2.24. The number of hydrogen-bond acceptors (Lipinski definition) is 8. The Balaban J connectivity index is 4.55. The molecule has 10 nitrogen and oxygen atoms in total. The van der Waals surface area contributed by atoms with Crippen LogP contribution in [0.1, 0.15) is 162 Å². The van der Waals surface area contributed by atoms with E-state index in [-0.39, 0.29) is 26.1 Å². The predicted molar refractivity (Wildman–Crippen MR) is 244 cm³/mol. The fraction of sp³-hybridized carbons (Fsp3) is 0.708. The Morgan fingerprint density at radius 3 is 1.73 bits per heavy atom. The minimum Gasteiger partial charge on any atom is -0.462 e. The van der Waals surface area contributed by atoms with Gasteiger partial charge in [-0.3, -0.25) is 18.6 Å². The van der Waals surface area contributed by atoms with Gasteiger partial charge in [0.2, 0.25) is 0 Å². The zero-order valence-corrected chi connectivity index (χ0v) is 38.7. The zero-order valence-electron chi connectivity index (χ0n) is 37.8. The van der Waals surface area contributed by atoms with E-state index in [1.807, 2.05) is 45.4 Å². The first-order chi connectivity index (χ1) is 28.4. The standard InChI is InChI=1S/C48H84NO9P/c1-6-8-10-12-14-16-18-20-21-23-25-27-29-31-35-40-48(52)58-46(44-57-59(53,54)56-42-41-49(3,4)5)43-55-47(51)39-36-32-34-38-45(50)37-33-30-28-26-24-22-19-17-15-13-11-9-7-2/h9,11,15,17,22,24,28,30,32-34,37,45-46,50H,6-8,10,12-14,16,18-21,23,25-27,29,31,35-36,38-44H2,1-5H3/p+1/b11-9-,17-15-,24-22-,30-28-,34-32-,37-33-/t45?,46-/m1/s1. The summed E-state index contributed by atoms with van der Waals surface area (Å²) in [6, 6.07) is 0. The van der Waals surface area contributed by atoms with Crippen molar-refractivity contribution in [3.63, 3.8) is 0 Å². The molecule has 0 aliphatic carbocycles. The molecule has 0 fully saturated rings. The third-order valence-electron chi connectivity index (χ3n) is 9.34. The van der Waals surface area contributed by atoms with E-state index in [2.05, 4.69) is 50.3 Å². The topological polar surface area (TPSA) is 129 Å². The number of allylic oxidation sites excluding steroid dienone is 10. The lowest BCUT2D eigenvalue weighted by molar-refractivity contribution is -0.870. The van der Waals surface area contributed by atoms with Crippen molar-refractivity contribution in [3.8, 4) is 0 Å². The average Bonchev–Trinajstić information content (AvgIpc) is 3.18. The molecule has 0 rings (SSSR count). The number of carbonyl (C=O) groups is 2. The van der Waals surface area contributed by atoms with E-state index in [0.717, 1.165) is 44.9 Å². The Kier molecular flexibility index (Phi) is 37.8. The van der Waals surface area contributed by atoms with Crippen LogP contribution in [0.5, 0.6) is 0 Å². The summed E-state index contributed by atoms with van der Waals surface area (Å²) in [6.45, 7) is 4.10. The summed E-state index contributed by atoms with van der Waals surface area (Å²) in [6.07, 6.45) is 45.5. The smallest absolute Gasteiger partial charge is 0.462 e. The van der Waals surface area contributed by atoms with Gasteiger partial charge in [0.1, 0.15) is 19.8 Å². The summed E-state index contributed by atoms with van der Waals surface area (Å²) in [7, 11) is 1.38. The van der Waals surface area contributed by atoms with Crippen molar-refractivity contribution in [3.05, 3.63) is 72.9 Å². The number of carbonyl (C=O) groups excluding carboxylic acids is 2. The quantitative estimate of drug-likeness (QED) is 0.0155. The van der Waals surface area contributed by atoms with Crippen LogP contribution in [0.4, 0.5) is 0 Å². The van der Waals surface area contributed by atoms with Gasteiger partial charge in [0.15, 0.2) is 6.10 Å². The van der Waals surface area contributed by atoms with Crippen LogP contribution in [0.3, 0.4) is 0 Å². The van der Waals surface area contributed by atoms with Crippen molar-refractivity contribution in [2.24, 2.45) is 0 Å². The molecule has 2 N–H and O–H groups in total. The molecule has 11 heteroatoms. The van der Waals surface area contributed by atoms with Crippen LogP contribution in [-0.4, -0.2) is 86.1 Å². The van der Waals surface area contributed by atoms with Gasteiger partial charge in [-0.1, -0.05) is 177 Å². The minimum atomic E-state index is -4.42. The second kappa shape index (κ2) is 39.5. The Morgan fingerprint density at radius 1 is 0.627 bits per heavy atom. The fourth-order valence-electron chi connectivity index (χ4n) is 5.77. The Morgan fingerprint density at radius 2 is 1.17 bits per heavy atom. The van der Waals surface area contributed by atoms with Crippen LogP contribution in [0.15, 0.2) is 72.9 Å². The van der Waals surface area contributed by atoms with Crippen molar-refractivity contribution in [1.82, 2.24) is 0 Å². The molecule has 59 heavy (non-hydrogen) atoms. The summed E-state index contributed by atoms with van der Waals surface area (Å²) in [4.78, 5) is 35.4. The molecule has 0 aromatic rings. The predicted octanol–water partition coefficient (Wildman–Crippen LogP) is 12.0. The highest BCUT2D eigenvalue weighted by Crippen LogP contribution is 2.43. The Hall–Kier alpha value is -2.59. The van der Waals surface area contributed by atoms with Crippen LogP contribution in [0.25, 0.3) is 0 Å². The molecule has 0 aromatic heterocycles. The lowest BCUT2D eigenvalue weighted by Crippen LogP contribution is -2.37. The first kappa shape index (κ1) is 56.4. The number of aliphatic hydroxyl groups excluding tert-OH is 1. The summed E-state index contributed by atoms with van der Waals surface area (Å²) >= 11 is 0. The summed E-state index contributed by atoms with van der Waals surface area (Å²) in [5, 5.41) is 10.2. The molecule has 0 bridgehead atoms. The molecule has 2 unspecified atom stereocenters. The SMILES string of the molecule is CC/C=C\C/C=C\C/C=C\C/C=C\C=C/C(O)C/C=C\CCC(=O)OC[C@H](COP(=O)(O)OCC[N+](C)(C)C)OC(=O)CCCCCCCCCCCCCCCCC. The maximum Gasteiger partial charge on any atom is 0.472 e. The summed E-state index contributed by atoms with van der Waals surface area (Å²) in [5.74, 6) is -0.982. The number of quaternary nitrogens is 1. The van der Waals surface area contributed by atoms with Gasteiger partial charge >= 0.3 is 19.8 Å². The molecule has 0 saturated heterocycles. The number of ether oxygens (including phenoxy) is 2. The van der Waals surface area contributed by atoms with Crippen molar-refractivity contribution >= 4 is 19.8 Å². The normalized spacial score (nSPS) is 14.8.